The molecular weight excluding hydrogens is 192 g/mol. The second-order valence-corrected chi connectivity index (χ2v) is 4.21. The van der Waals surface area contributed by atoms with Crippen LogP contribution in [0.25, 0.3) is 0 Å². The van der Waals surface area contributed by atoms with E-state index in [-0.39, 0.29) is 17.7 Å². The largest absolute Gasteiger partial charge is 0.315 e. The Morgan fingerprint density at radius 1 is 1.67 bits per heavy atom. The molecule has 82 valence electrons. The van der Waals surface area contributed by atoms with Gasteiger partial charge in [0.1, 0.15) is 17.9 Å². The van der Waals surface area contributed by atoms with Gasteiger partial charge in [-0.2, -0.15) is 5.10 Å². The monoisotopic (exact) mass is 208 g/mol. The first kappa shape index (κ1) is 10.3. The smallest absolute Gasteiger partial charge is 0.146 e. The van der Waals surface area contributed by atoms with E-state index in [4.69, 9.17) is 0 Å². The van der Waals surface area contributed by atoms with Gasteiger partial charge in [-0.1, -0.05) is 0 Å². The summed E-state index contributed by atoms with van der Waals surface area (Å²) in [5.41, 5.74) is 0. The molecule has 0 spiro atoms. The molecule has 15 heavy (non-hydrogen) atoms. The molecule has 1 fully saturated rings. The number of hydrogen-bond donors (Lipinski definition) is 1. The van der Waals surface area contributed by atoms with Crippen LogP contribution in [0.4, 0.5) is 0 Å². The van der Waals surface area contributed by atoms with Gasteiger partial charge in [-0.3, -0.25) is 4.79 Å². The zero-order valence-electron chi connectivity index (χ0n) is 9.10. The van der Waals surface area contributed by atoms with Crippen molar-refractivity contribution >= 4 is 5.78 Å². The van der Waals surface area contributed by atoms with Crippen molar-refractivity contribution in [2.24, 2.45) is 5.92 Å². The lowest BCUT2D eigenvalue weighted by Gasteiger charge is -2.25. The third-order valence-electron chi connectivity index (χ3n) is 2.71. The van der Waals surface area contributed by atoms with E-state index in [0.717, 1.165) is 18.9 Å². The van der Waals surface area contributed by atoms with Gasteiger partial charge in [-0.15, -0.1) is 0 Å². The highest BCUT2D eigenvalue weighted by atomic mass is 16.1. The highest BCUT2D eigenvalue weighted by Gasteiger charge is 2.26. The SMILES string of the molecule is CC(C)n1ncnc1CC(=O)C1CNC1. The highest BCUT2D eigenvalue weighted by molar-refractivity contribution is 5.83. The number of hydrogen-bond acceptors (Lipinski definition) is 4. The van der Waals surface area contributed by atoms with Gasteiger partial charge in [0.15, 0.2) is 0 Å². The molecule has 0 amide bonds. The fourth-order valence-corrected chi connectivity index (χ4v) is 1.65. The molecule has 1 aliphatic heterocycles. The van der Waals surface area contributed by atoms with E-state index in [1.54, 1.807) is 0 Å². The van der Waals surface area contributed by atoms with Crippen molar-refractivity contribution in [3.05, 3.63) is 12.2 Å². The average molecular weight is 208 g/mol. The van der Waals surface area contributed by atoms with Crippen LogP contribution in [-0.2, 0) is 11.2 Å². The van der Waals surface area contributed by atoms with Gasteiger partial charge >= 0.3 is 0 Å². The van der Waals surface area contributed by atoms with Crippen LogP contribution in [0.3, 0.4) is 0 Å². The lowest BCUT2D eigenvalue weighted by Crippen LogP contribution is -2.47. The number of nitrogens with zero attached hydrogens (tertiary/aromatic N) is 3. The van der Waals surface area contributed by atoms with E-state index >= 15 is 0 Å². The van der Waals surface area contributed by atoms with Gasteiger partial charge in [-0.05, 0) is 13.8 Å². The summed E-state index contributed by atoms with van der Waals surface area (Å²) >= 11 is 0. The zero-order valence-corrected chi connectivity index (χ0v) is 9.10. The first-order chi connectivity index (χ1) is 7.18. The predicted octanol–water partition coefficient (Wildman–Crippen LogP) is 0.190. The molecule has 1 aromatic rings. The molecule has 1 saturated heterocycles. The van der Waals surface area contributed by atoms with Crippen LogP contribution in [0.2, 0.25) is 0 Å². The van der Waals surface area contributed by atoms with Gasteiger partial charge in [0.05, 0.1) is 6.42 Å². The maximum Gasteiger partial charge on any atom is 0.146 e. The lowest BCUT2D eigenvalue weighted by molar-refractivity contribution is -0.123. The Hall–Kier alpha value is -1.23. The van der Waals surface area contributed by atoms with Crippen LogP contribution < -0.4 is 5.32 Å². The molecule has 2 rings (SSSR count). The van der Waals surface area contributed by atoms with Gasteiger partial charge in [-0.25, -0.2) is 9.67 Å². The molecule has 1 N–H and O–H groups in total. The normalized spacial score (nSPS) is 16.7. The van der Waals surface area contributed by atoms with Crippen molar-refractivity contribution in [3.63, 3.8) is 0 Å². The Balaban J connectivity index is 2.03. The summed E-state index contributed by atoms with van der Waals surface area (Å²) in [4.78, 5) is 15.9. The number of ketones is 1. The molecule has 0 saturated carbocycles. The van der Waals surface area contributed by atoms with E-state index in [1.807, 2.05) is 18.5 Å². The maximum atomic E-state index is 11.7. The van der Waals surface area contributed by atoms with Crippen molar-refractivity contribution in [2.75, 3.05) is 13.1 Å². The summed E-state index contributed by atoms with van der Waals surface area (Å²) in [6.45, 7) is 5.70. The number of rotatable bonds is 4. The Labute approximate surface area is 88.9 Å². The molecule has 1 aliphatic rings. The third kappa shape index (κ3) is 2.07. The molecule has 0 atom stereocenters. The maximum absolute atomic E-state index is 11.7. The zero-order chi connectivity index (χ0) is 10.8. The van der Waals surface area contributed by atoms with Crippen LogP contribution in [-0.4, -0.2) is 33.6 Å². The van der Waals surface area contributed by atoms with Crippen molar-refractivity contribution in [1.29, 1.82) is 0 Å². The molecular formula is C10H16N4O. The predicted molar refractivity (Wildman–Crippen MR) is 55.5 cm³/mol. The van der Waals surface area contributed by atoms with Gasteiger partial charge in [0.25, 0.3) is 0 Å². The molecule has 0 bridgehead atoms. The van der Waals surface area contributed by atoms with Crippen molar-refractivity contribution in [1.82, 2.24) is 20.1 Å². The number of carbonyl (C=O) groups is 1. The third-order valence-corrected chi connectivity index (χ3v) is 2.71. The molecule has 5 heteroatoms. The summed E-state index contributed by atoms with van der Waals surface area (Å²) < 4.78 is 1.81. The van der Waals surface area contributed by atoms with E-state index in [9.17, 15) is 4.79 Å². The summed E-state index contributed by atoms with van der Waals surface area (Å²) in [5.74, 6) is 1.23. The Kier molecular flexibility index (Phi) is 2.81. The quantitative estimate of drug-likeness (QED) is 0.767. The van der Waals surface area contributed by atoms with Crippen LogP contribution in [0.15, 0.2) is 6.33 Å². The standard InChI is InChI=1S/C10H16N4O/c1-7(2)14-10(12-6-13-14)3-9(15)8-4-11-5-8/h6-8,11H,3-5H2,1-2H3. The summed E-state index contributed by atoms with van der Waals surface area (Å²) in [6, 6.07) is 0.259. The van der Waals surface area contributed by atoms with Crippen molar-refractivity contribution in [2.45, 2.75) is 26.3 Å². The molecule has 0 radical (unpaired) electrons. The van der Waals surface area contributed by atoms with Crippen LogP contribution in [0, 0.1) is 5.92 Å². The van der Waals surface area contributed by atoms with E-state index in [0.29, 0.717) is 6.42 Å². The Bertz CT molecular complexity index is 354. The molecule has 1 aromatic heterocycles. The van der Waals surface area contributed by atoms with E-state index in [1.165, 1.54) is 6.33 Å². The summed E-state index contributed by atoms with van der Waals surface area (Å²) in [7, 11) is 0. The first-order valence-electron chi connectivity index (χ1n) is 5.30. The van der Waals surface area contributed by atoms with Crippen LogP contribution in [0.5, 0.6) is 0 Å². The molecule has 2 heterocycles. The van der Waals surface area contributed by atoms with Gasteiger partial charge in [0, 0.05) is 25.0 Å². The molecule has 0 unspecified atom stereocenters. The fraction of sp³-hybridized carbons (Fsp3) is 0.700. The molecule has 0 aromatic carbocycles. The number of aromatic nitrogens is 3. The topological polar surface area (TPSA) is 59.8 Å². The highest BCUT2D eigenvalue weighted by Crippen LogP contribution is 2.11. The van der Waals surface area contributed by atoms with Gasteiger partial charge < -0.3 is 5.32 Å². The van der Waals surface area contributed by atoms with E-state index in [2.05, 4.69) is 15.4 Å². The van der Waals surface area contributed by atoms with E-state index < -0.39 is 0 Å². The minimum absolute atomic E-state index is 0.183. The lowest BCUT2D eigenvalue weighted by atomic mass is 9.96. The van der Waals surface area contributed by atoms with Crippen LogP contribution in [0.1, 0.15) is 25.7 Å². The summed E-state index contributed by atoms with van der Waals surface area (Å²) in [5, 5.41) is 7.21. The van der Waals surface area contributed by atoms with Crippen molar-refractivity contribution in [3.8, 4) is 0 Å². The second kappa shape index (κ2) is 4.10. The Morgan fingerprint density at radius 2 is 2.40 bits per heavy atom. The Morgan fingerprint density at radius 3 is 2.93 bits per heavy atom. The minimum atomic E-state index is 0.183. The average Bonchev–Trinajstić information content (AvgIpc) is 2.48. The number of nitrogens with one attached hydrogen (secondary N) is 1. The second-order valence-electron chi connectivity index (χ2n) is 4.21. The molecule has 5 nitrogen and oxygen atoms in total. The number of carbonyl (C=O) groups excluding carboxylic acids is 1. The molecule has 0 aliphatic carbocycles. The number of Topliss-reactive ketones (excluding diaryl/α,β-unsaturated/α-hetero) is 1. The minimum Gasteiger partial charge on any atom is -0.315 e. The summed E-state index contributed by atoms with van der Waals surface area (Å²) in [6.07, 6.45) is 1.92. The van der Waals surface area contributed by atoms with Crippen LogP contribution >= 0.6 is 0 Å². The van der Waals surface area contributed by atoms with Gasteiger partial charge in [0.2, 0.25) is 0 Å². The van der Waals surface area contributed by atoms with Crippen molar-refractivity contribution < 1.29 is 4.79 Å². The fourth-order valence-electron chi connectivity index (χ4n) is 1.65. The first-order valence-corrected chi connectivity index (χ1v) is 5.30.